The average Bonchev–Trinajstić information content (AvgIpc) is 2.26. The second-order valence-corrected chi connectivity index (χ2v) is 6.10. The Balaban J connectivity index is 1.58. The van der Waals surface area contributed by atoms with Crippen LogP contribution in [0.5, 0.6) is 0 Å². The van der Waals surface area contributed by atoms with Crippen LogP contribution in [0.2, 0.25) is 0 Å². The van der Waals surface area contributed by atoms with Crippen LogP contribution in [0.25, 0.3) is 0 Å². The Morgan fingerprint density at radius 1 is 1.32 bits per heavy atom. The first kappa shape index (κ1) is 14.2. The maximum Gasteiger partial charge on any atom is 0.317 e. The van der Waals surface area contributed by atoms with E-state index in [2.05, 4.69) is 12.2 Å². The predicted octanol–water partition coefficient (Wildman–Crippen LogP) is 1.93. The van der Waals surface area contributed by atoms with Gasteiger partial charge in [-0.15, -0.1) is 0 Å². The third-order valence-electron chi connectivity index (χ3n) is 4.39. The Kier molecular flexibility index (Phi) is 4.66. The van der Waals surface area contributed by atoms with E-state index in [1.807, 2.05) is 0 Å². The lowest BCUT2D eigenvalue weighted by Gasteiger charge is -2.36. The molecule has 1 saturated heterocycles. The molecular weight excluding hydrogens is 244 g/mol. The van der Waals surface area contributed by atoms with Crippen LogP contribution in [0.4, 0.5) is 4.79 Å². The van der Waals surface area contributed by atoms with Crippen LogP contribution in [-0.4, -0.2) is 41.6 Å². The number of likely N-dealkylation sites (tertiary alicyclic amines) is 1. The predicted molar refractivity (Wildman–Crippen MR) is 71.8 cm³/mol. The van der Waals surface area contributed by atoms with Crippen molar-refractivity contribution in [1.29, 1.82) is 0 Å². The van der Waals surface area contributed by atoms with Crippen molar-refractivity contribution in [3.05, 3.63) is 0 Å². The van der Waals surface area contributed by atoms with E-state index in [-0.39, 0.29) is 11.9 Å². The van der Waals surface area contributed by atoms with Crippen molar-refractivity contribution < 1.29 is 14.7 Å². The van der Waals surface area contributed by atoms with E-state index in [0.29, 0.717) is 19.6 Å². The number of carboxylic acid groups (broad SMARTS) is 1. The highest BCUT2D eigenvalue weighted by Crippen LogP contribution is 2.30. The number of hydrogen-bond donors (Lipinski definition) is 2. The first-order chi connectivity index (χ1) is 9.06. The van der Waals surface area contributed by atoms with E-state index in [0.717, 1.165) is 18.3 Å². The molecule has 0 spiro atoms. The third kappa shape index (κ3) is 3.85. The van der Waals surface area contributed by atoms with Crippen LogP contribution in [0.3, 0.4) is 0 Å². The Hall–Kier alpha value is -1.26. The molecule has 1 aliphatic heterocycles. The SMILES string of the molecule is CC1CCCC(CCNC(=O)N2CC(C(=O)O)C2)C1. The van der Waals surface area contributed by atoms with E-state index in [1.54, 1.807) is 4.90 Å². The van der Waals surface area contributed by atoms with Gasteiger partial charge in [0.2, 0.25) is 0 Å². The summed E-state index contributed by atoms with van der Waals surface area (Å²) in [5, 5.41) is 11.6. The molecule has 0 bridgehead atoms. The summed E-state index contributed by atoms with van der Waals surface area (Å²) in [4.78, 5) is 23.9. The molecule has 19 heavy (non-hydrogen) atoms. The second-order valence-electron chi connectivity index (χ2n) is 6.10. The molecule has 1 saturated carbocycles. The van der Waals surface area contributed by atoms with Crippen LogP contribution in [0, 0.1) is 17.8 Å². The highest BCUT2D eigenvalue weighted by Gasteiger charge is 2.35. The quantitative estimate of drug-likeness (QED) is 0.818. The molecule has 0 aromatic heterocycles. The molecule has 5 nitrogen and oxygen atoms in total. The molecule has 2 rings (SSSR count). The summed E-state index contributed by atoms with van der Waals surface area (Å²) < 4.78 is 0. The normalized spacial score (nSPS) is 27.7. The van der Waals surface area contributed by atoms with Crippen molar-refractivity contribution in [3.63, 3.8) is 0 Å². The van der Waals surface area contributed by atoms with Crippen molar-refractivity contribution in [1.82, 2.24) is 10.2 Å². The average molecular weight is 268 g/mol. The highest BCUT2D eigenvalue weighted by molar-refractivity contribution is 5.79. The Morgan fingerprint density at radius 2 is 2.05 bits per heavy atom. The number of hydrogen-bond acceptors (Lipinski definition) is 2. The maximum absolute atomic E-state index is 11.7. The standard InChI is InChI=1S/C14H24N2O3/c1-10-3-2-4-11(7-10)5-6-15-14(19)16-8-12(9-16)13(17)18/h10-12H,2-9H2,1H3,(H,15,19)(H,17,18). The van der Waals surface area contributed by atoms with Gasteiger partial charge in [0.05, 0.1) is 5.92 Å². The van der Waals surface area contributed by atoms with Gasteiger partial charge >= 0.3 is 12.0 Å². The van der Waals surface area contributed by atoms with Gasteiger partial charge in [0.15, 0.2) is 0 Å². The number of carboxylic acids is 1. The molecule has 2 fully saturated rings. The first-order valence-electron chi connectivity index (χ1n) is 7.32. The van der Waals surface area contributed by atoms with Crippen LogP contribution in [-0.2, 0) is 4.79 Å². The van der Waals surface area contributed by atoms with Crippen LogP contribution < -0.4 is 5.32 Å². The van der Waals surface area contributed by atoms with Gasteiger partial charge in [-0.3, -0.25) is 4.79 Å². The molecule has 5 heteroatoms. The van der Waals surface area contributed by atoms with Gasteiger partial charge in [-0.25, -0.2) is 4.79 Å². The van der Waals surface area contributed by atoms with Crippen molar-refractivity contribution in [2.45, 2.75) is 39.0 Å². The smallest absolute Gasteiger partial charge is 0.317 e. The minimum atomic E-state index is -0.805. The number of nitrogens with one attached hydrogen (secondary N) is 1. The van der Waals surface area contributed by atoms with Gasteiger partial charge in [0.1, 0.15) is 0 Å². The first-order valence-corrected chi connectivity index (χ1v) is 7.32. The zero-order valence-corrected chi connectivity index (χ0v) is 11.6. The summed E-state index contributed by atoms with van der Waals surface area (Å²) in [5.74, 6) is 0.388. The number of aliphatic carboxylic acids is 1. The van der Waals surface area contributed by atoms with Crippen molar-refractivity contribution in [2.75, 3.05) is 19.6 Å². The lowest BCUT2D eigenvalue weighted by atomic mass is 9.81. The molecule has 2 atom stereocenters. The van der Waals surface area contributed by atoms with E-state index >= 15 is 0 Å². The third-order valence-corrected chi connectivity index (χ3v) is 4.39. The molecule has 2 aliphatic rings. The Labute approximate surface area is 114 Å². The summed E-state index contributed by atoms with van der Waals surface area (Å²) in [6.45, 7) is 3.71. The molecule has 2 unspecified atom stereocenters. The maximum atomic E-state index is 11.7. The van der Waals surface area contributed by atoms with E-state index in [1.165, 1.54) is 25.7 Å². The number of carbonyl (C=O) groups is 2. The van der Waals surface area contributed by atoms with Gasteiger partial charge in [-0.2, -0.15) is 0 Å². The number of rotatable bonds is 4. The molecule has 2 N–H and O–H groups in total. The van der Waals surface area contributed by atoms with Gasteiger partial charge in [-0.05, 0) is 24.7 Å². The lowest BCUT2D eigenvalue weighted by molar-refractivity contribution is -0.146. The van der Waals surface area contributed by atoms with Crippen LogP contribution in [0.1, 0.15) is 39.0 Å². The molecule has 2 amide bonds. The number of urea groups is 1. The zero-order chi connectivity index (χ0) is 13.8. The fourth-order valence-corrected chi connectivity index (χ4v) is 3.12. The van der Waals surface area contributed by atoms with Gasteiger partial charge < -0.3 is 15.3 Å². The van der Waals surface area contributed by atoms with Crippen LogP contribution >= 0.6 is 0 Å². The van der Waals surface area contributed by atoms with Crippen molar-refractivity contribution >= 4 is 12.0 Å². The summed E-state index contributed by atoms with van der Waals surface area (Å²) in [5.41, 5.74) is 0. The van der Waals surface area contributed by atoms with Crippen LogP contribution in [0.15, 0.2) is 0 Å². The number of carbonyl (C=O) groups excluding carboxylic acids is 1. The molecule has 108 valence electrons. The second kappa shape index (κ2) is 6.26. The van der Waals surface area contributed by atoms with Gasteiger partial charge in [0, 0.05) is 19.6 Å². The van der Waals surface area contributed by atoms with Gasteiger partial charge in [0.25, 0.3) is 0 Å². The summed E-state index contributed by atoms with van der Waals surface area (Å²) in [6.07, 6.45) is 6.26. The van der Waals surface area contributed by atoms with E-state index in [4.69, 9.17) is 5.11 Å². The summed E-state index contributed by atoms with van der Waals surface area (Å²) in [7, 11) is 0. The molecule has 1 heterocycles. The fourth-order valence-electron chi connectivity index (χ4n) is 3.12. The summed E-state index contributed by atoms with van der Waals surface area (Å²) >= 11 is 0. The minimum absolute atomic E-state index is 0.110. The number of amides is 2. The van der Waals surface area contributed by atoms with Crippen molar-refractivity contribution in [3.8, 4) is 0 Å². The minimum Gasteiger partial charge on any atom is -0.481 e. The largest absolute Gasteiger partial charge is 0.481 e. The topological polar surface area (TPSA) is 69.6 Å². The highest BCUT2D eigenvalue weighted by atomic mass is 16.4. The molecule has 0 radical (unpaired) electrons. The monoisotopic (exact) mass is 268 g/mol. The molecule has 0 aromatic carbocycles. The van der Waals surface area contributed by atoms with Crippen molar-refractivity contribution in [2.24, 2.45) is 17.8 Å². The molecule has 0 aromatic rings. The Bertz CT molecular complexity index is 340. The van der Waals surface area contributed by atoms with E-state index < -0.39 is 5.97 Å². The molecule has 1 aliphatic carbocycles. The number of nitrogens with zero attached hydrogens (tertiary/aromatic N) is 1. The summed E-state index contributed by atoms with van der Waals surface area (Å²) in [6, 6.07) is -0.110. The zero-order valence-electron chi connectivity index (χ0n) is 11.6. The lowest BCUT2D eigenvalue weighted by Crippen LogP contribution is -2.56. The Morgan fingerprint density at radius 3 is 2.68 bits per heavy atom. The molecular formula is C14H24N2O3. The van der Waals surface area contributed by atoms with E-state index in [9.17, 15) is 9.59 Å². The fraction of sp³-hybridized carbons (Fsp3) is 0.857. The van der Waals surface area contributed by atoms with Gasteiger partial charge in [-0.1, -0.05) is 26.2 Å².